The summed E-state index contributed by atoms with van der Waals surface area (Å²) in [5.74, 6) is 1.32. The van der Waals surface area contributed by atoms with Crippen molar-refractivity contribution in [3.05, 3.63) is 65.2 Å². The third-order valence-corrected chi connectivity index (χ3v) is 7.38. The van der Waals surface area contributed by atoms with Crippen LogP contribution < -0.4 is 0 Å². The highest BCUT2D eigenvalue weighted by atomic mass is 19.1. The molecule has 2 aliphatic carbocycles. The second-order valence-corrected chi connectivity index (χ2v) is 10.2. The average molecular weight is 449 g/mol. The van der Waals surface area contributed by atoms with Crippen LogP contribution in [-0.2, 0) is 16.8 Å². The van der Waals surface area contributed by atoms with Gasteiger partial charge in [0.15, 0.2) is 5.82 Å². The molecule has 174 valence electrons. The molecule has 0 radical (unpaired) electrons. The molecular weight excluding hydrogens is 415 g/mol. The van der Waals surface area contributed by atoms with Gasteiger partial charge in [-0.2, -0.15) is 0 Å². The second kappa shape index (κ2) is 9.02. The molecule has 1 aromatic heterocycles. The predicted octanol–water partition coefficient (Wildman–Crippen LogP) is 6.36. The number of ketones is 1. The molecule has 2 saturated carbocycles. The van der Waals surface area contributed by atoms with Crippen molar-refractivity contribution < 1.29 is 14.3 Å². The number of Topliss-reactive ketones (excluding diaryl/α,β-unsaturated/α-hetero) is 1. The first-order valence-electron chi connectivity index (χ1n) is 12.4. The molecule has 1 atom stereocenters. The van der Waals surface area contributed by atoms with Crippen molar-refractivity contribution >= 4 is 16.8 Å². The van der Waals surface area contributed by atoms with Gasteiger partial charge < -0.3 is 9.67 Å². The van der Waals surface area contributed by atoms with Gasteiger partial charge >= 0.3 is 0 Å². The maximum absolute atomic E-state index is 14.9. The zero-order chi connectivity index (χ0) is 23.0. The Morgan fingerprint density at radius 3 is 2.58 bits per heavy atom. The lowest BCUT2D eigenvalue weighted by Crippen LogP contribution is -2.25. The van der Waals surface area contributed by atoms with E-state index in [2.05, 4.69) is 10.6 Å². The van der Waals surface area contributed by atoms with E-state index in [-0.39, 0.29) is 18.0 Å². The van der Waals surface area contributed by atoms with E-state index in [1.165, 1.54) is 6.42 Å². The van der Waals surface area contributed by atoms with Crippen molar-refractivity contribution in [3.63, 3.8) is 0 Å². The summed E-state index contributed by atoms with van der Waals surface area (Å²) in [6.45, 7) is 1.70. The van der Waals surface area contributed by atoms with Gasteiger partial charge in [-0.1, -0.05) is 30.3 Å². The quantitative estimate of drug-likeness (QED) is 0.367. The van der Waals surface area contributed by atoms with Crippen molar-refractivity contribution in [1.82, 2.24) is 9.55 Å². The number of rotatable bonds is 10. The Morgan fingerprint density at radius 1 is 1.15 bits per heavy atom. The summed E-state index contributed by atoms with van der Waals surface area (Å²) in [6.07, 6.45) is 8.64. The lowest BCUT2D eigenvalue weighted by Gasteiger charge is -2.29. The number of hydrogen-bond donors (Lipinski definition) is 1. The van der Waals surface area contributed by atoms with E-state index in [4.69, 9.17) is 4.98 Å². The predicted molar refractivity (Wildman–Crippen MR) is 128 cm³/mol. The van der Waals surface area contributed by atoms with Gasteiger partial charge in [-0.3, -0.25) is 4.79 Å². The van der Waals surface area contributed by atoms with Crippen LogP contribution in [0.3, 0.4) is 0 Å². The monoisotopic (exact) mass is 448 g/mol. The summed E-state index contributed by atoms with van der Waals surface area (Å²) in [5, 5.41) is 10.7. The van der Waals surface area contributed by atoms with Crippen LogP contribution in [-0.4, -0.2) is 20.4 Å². The zero-order valence-corrected chi connectivity index (χ0v) is 19.4. The standard InChI is InChI=1S/C28H33FN2O2/c1-28(33,21-8-3-2-4-9-21)18-23(32)12-5-6-13-26-30-27-24(29)16-20(19-14-15-19)17-25(27)31(26)22-10-7-11-22/h2-4,8-9,16-17,19,22,33H,5-7,10-15,18H2,1H3. The van der Waals surface area contributed by atoms with Gasteiger partial charge in [0.25, 0.3) is 0 Å². The maximum Gasteiger partial charge on any atom is 0.151 e. The molecule has 5 rings (SSSR count). The van der Waals surface area contributed by atoms with E-state index in [0.717, 1.165) is 67.4 Å². The Balaban J connectivity index is 1.23. The fraction of sp³-hybridized carbons (Fsp3) is 0.500. The number of unbranched alkanes of at least 4 members (excludes halogenated alkanes) is 1. The fourth-order valence-corrected chi connectivity index (χ4v) is 5.08. The number of benzene rings is 2. The summed E-state index contributed by atoms with van der Waals surface area (Å²) in [7, 11) is 0. The number of aliphatic hydroxyl groups is 1. The molecule has 0 saturated heterocycles. The first kappa shape index (κ1) is 22.3. The van der Waals surface area contributed by atoms with E-state index in [0.29, 0.717) is 23.9 Å². The van der Waals surface area contributed by atoms with Crippen molar-refractivity contribution in [2.24, 2.45) is 0 Å². The van der Waals surface area contributed by atoms with Crippen LogP contribution in [0.4, 0.5) is 4.39 Å². The maximum atomic E-state index is 14.9. The smallest absolute Gasteiger partial charge is 0.151 e. The number of nitrogens with zero attached hydrogens (tertiary/aromatic N) is 2. The molecule has 0 amide bonds. The summed E-state index contributed by atoms with van der Waals surface area (Å²) < 4.78 is 17.1. The number of fused-ring (bicyclic) bond motifs is 1. The normalized spacial score (nSPS) is 18.3. The Bertz CT molecular complexity index is 1140. The lowest BCUT2D eigenvalue weighted by atomic mass is 9.89. The molecule has 33 heavy (non-hydrogen) atoms. The largest absolute Gasteiger partial charge is 0.385 e. The van der Waals surface area contributed by atoms with Crippen molar-refractivity contribution in [3.8, 4) is 0 Å². The van der Waals surface area contributed by atoms with Crippen LogP contribution in [0.1, 0.15) is 93.6 Å². The molecular formula is C28H33FN2O2. The van der Waals surface area contributed by atoms with E-state index in [9.17, 15) is 14.3 Å². The number of imidazole rings is 1. The Labute approximate surface area is 194 Å². The third kappa shape index (κ3) is 4.74. The Kier molecular flexibility index (Phi) is 6.09. The highest BCUT2D eigenvalue weighted by Gasteiger charge is 2.29. The molecule has 4 nitrogen and oxygen atoms in total. The molecule has 1 unspecified atom stereocenters. The first-order valence-corrected chi connectivity index (χ1v) is 12.4. The van der Waals surface area contributed by atoms with Gasteiger partial charge in [-0.15, -0.1) is 0 Å². The van der Waals surface area contributed by atoms with E-state index >= 15 is 0 Å². The molecule has 0 aliphatic heterocycles. The molecule has 1 N–H and O–H groups in total. The molecule has 1 heterocycles. The second-order valence-electron chi connectivity index (χ2n) is 10.2. The van der Waals surface area contributed by atoms with Gasteiger partial charge in [-0.05, 0) is 81.0 Å². The summed E-state index contributed by atoms with van der Waals surface area (Å²) in [6, 6.07) is 13.6. The average Bonchev–Trinajstić information content (AvgIpc) is 3.54. The number of aromatic nitrogens is 2. The number of halogens is 1. The highest BCUT2D eigenvalue weighted by Crippen LogP contribution is 2.43. The lowest BCUT2D eigenvalue weighted by molar-refractivity contribution is -0.123. The van der Waals surface area contributed by atoms with Crippen LogP contribution in [0, 0.1) is 5.82 Å². The summed E-state index contributed by atoms with van der Waals surface area (Å²) in [5.41, 5.74) is 2.18. The molecule has 0 bridgehead atoms. The highest BCUT2D eigenvalue weighted by molar-refractivity contribution is 5.80. The van der Waals surface area contributed by atoms with Crippen LogP contribution in [0.25, 0.3) is 11.0 Å². The molecule has 2 aromatic carbocycles. The van der Waals surface area contributed by atoms with Crippen LogP contribution in [0.15, 0.2) is 42.5 Å². The van der Waals surface area contributed by atoms with E-state index in [1.807, 2.05) is 30.3 Å². The minimum absolute atomic E-state index is 0.0662. The van der Waals surface area contributed by atoms with Gasteiger partial charge in [-0.25, -0.2) is 9.37 Å². The van der Waals surface area contributed by atoms with E-state index < -0.39 is 5.60 Å². The number of carbonyl (C=O) groups excluding carboxylic acids is 1. The molecule has 0 spiro atoms. The summed E-state index contributed by atoms with van der Waals surface area (Å²) in [4.78, 5) is 17.3. The number of carbonyl (C=O) groups is 1. The summed E-state index contributed by atoms with van der Waals surface area (Å²) >= 11 is 0. The van der Waals surface area contributed by atoms with E-state index in [1.54, 1.807) is 13.0 Å². The zero-order valence-electron chi connectivity index (χ0n) is 19.4. The van der Waals surface area contributed by atoms with Crippen LogP contribution >= 0.6 is 0 Å². The molecule has 2 aliphatic rings. The topological polar surface area (TPSA) is 55.1 Å². The SMILES string of the molecule is CC(O)(CC(=O)CCCCc1nc2c(F)cc(C3CC3)cc2n1C1CCC1)c1ccccc1. The number of hydrogen-bond acceptors (Lipinski definition) is 3. The molecule has 5 heteroatoms. The van der Waals surface area contributed by atoms with Crippen molar-refractivity contribution in [1.29, 1.82) is 0 Å². The molecule has 2 fully saturated rings. The van der Waals surface area contributed by atoms with Crippen LogP contribution in [0.5, 0.6) is 0 Å². The Hall–Kier alpha value is -2.53. The van der Waals surface area contributed by atoms with Crippen LogP contribution in [0.2, 0.25) is 0 Å². The van der Waals surface area contributed by atoms with Crippen molar-refractivity contribution in [2.45, 2.75) is 88.7 Å². The van der Waals surface area contributed by atoms with Gasteiger partial charge in [0, 0.05) is 25.3 Å². The van der Waals surface area contributed by atoms with Crippen molar-refractivity contribution in [2.75, 3.05) is 0 Å². The van der Waals surface area contributed by atoms with Gasteiger partial charge in [0.1, 0.15) is 17.1 Å². The van der Waals surface area contributed by atoms with Gasteiger partial charge in [0.2, 0.25) is 0 Å². The fourth-order valence-electron chi connectivity index (χ4n) is 5.08. The molecule has 3 aromatic rings. The number of aryl methyl sites for hydroxylation is 1. The minimum Gasteiger partial charge on any atom is -0.385 e. The third-order valence-electron chi connectivity index (χ3n) is 7.38. The minimum atomic E-state index is -1.15. The van der Waals surface area contributed by atoms with Gasteiger partial charge in [0.05, 0.1) is 11.1 Å². The first-order chi connectivity index (χ1) is 15.9. The Morgan fingerprint density at radius 2 is 1.91 bits per heavy atom.